The summed E-state index contributed by atoms with van der Waals surface area (Å²) in [5, 5.41) is 11.2. The molecule has 1 amide bonds. The molecule has 0 unspecified atom stereocenters. The molecule has 2 atom stereocenters. The summed E-state index contributed by atoms with van der Waals surface area (Å²) in [4.78, 5) is 14.6. The summed E-state index contributed by atoms with van der Waals surface area (Å²) >= 11 is 5.77. The molecular formula is C18H20ClFN4O. The number of hydrogen-bond acceptors (Lipinski definition) is 4. The lowest BCUT2D eigenvalue weighted by molar-refractivity contribution is -0.125. The highest BCUT2D eigenvalue weighted by Gasteiger charge is 2.28. The van der Waals surface area contributed by atoms with Crippen molar-refractivity contribution in [2.45, 2.75) is 25.8 Å². The number of nitrogens with one attached hydrogen (secondary N) is 1. The van der Waals surface area contributed by atoms with Crippen LogP contribution in [0.25, 0.3) is 0 Å². The fourth-order valence-electron chi connectivity index (χ4n) is 3.11. The third-order valence-electron chi connectivity index (χ3n) is 4.46. The van der Waals surface area contributed by atoms with E-state index in [0.717, 1.165) is 19.4 Å². The average molecular weight is 363 g/mol. The number of rotatable bonds is 4. The van der Waals surface area contributed by atoms with Crippen LogP contribution in [0, 0.1) is 11.7 Å². The maximum Gasteiger partial charge on any atom is 0.225 e. The van der Waals surface area contributed by atoms with Crippen LogP contribution in [0.5, 0.6) is 0 Å². The Bertz CT molecular complexity index is 740. The minimum absolute atomic E-state index is 0.0672. The number of hydrogen-bond donors (Lipinski definition) is 1. The van der Waals surface area contributed by atoms with Crippen molar-refractivity contribution in [3.05, 3.63) is 52.9 Å². The molecule has 0 saturated carbocycles. The number of anilines is 1. The van der Waals surface area contributed by atoms with E-state index in [2.05, 4.69) is 15.5 Å². The second kappa shape index (κ2) is 7.78. The maximum absolute atomic E-state index is 13.9. The van der Waals surface area contributed by atoms with Crippen LogP contribution >= 0.6 is 11.6 Å². The van der Waals surface area contributed by atoms with Gasteiger partial charge < -0.3 is 10.2 Å². The second-order valence-electron chi connectivity index (χ2n) is 6.25. The van der Waals surface area contributed by atoms with Crippen molar-refractivity contribution in [2.75, 3.05) is 18.0 Å². The van der Waals surface area contributed by atoms with Gasteiger partial charge in [0, 0.05) is 18.7 Å². The van der Waals surface area contributed by atoms with Gasteiger partial charge in [-0.15, -0.1) is 10.2 Å². The van der Waals surface area contributed by atoms with E-state index in [4.69, 9.17) is 11.6 Å². The number of carbonyl (C=O) groups is 1. The normalized spacial score (nSPS) is 18.7. The molecule has 2 heterocycles. The predicted octanol–water partition coefficient (Wildman–Crippen LogP) is 3.36. The molecule has 1 aliphatic heterocycles. The number of halogens is 2. The van der Waals surface area contributed by atoms with Gasteiger partial charge >= 0.3 is 0 Å². The average Bonchev–Trinajstić information content (AvgIpc) is 2.62. The minimum atomic E-state index is -0.376. The van der Waals surface area contributed by atoms with Crippen molar-refractivity contribution in [3.8, 4) is 0 Å². The van der Waals surface area contributed by atoms with E-state index >= 15 is 0 Å². The highest BCUT2D eigenvalue weighted by atomic mass is 35.5. The van der Waals surface area contributed by atoms with E-state index in [9.17, 15) is 9.18 Å². The molecule has 0 spiro atoms. The molecule has 7 heteroatoms. The topological polar surface area (TPSA) is 58.1 Å². The Morgan fingerprint density at radius 2 is 2.12 bits per heavy atom. The van der Waals surface area contributed by atoms with E-state index in [1.165, 1.54) is 6.07 Å². The Morgan fingerprint density at radius 3 is 2.84 bits per heavy atom. The number of amides is 1. The maximum atomic E-state index is 13.9. The van der Waals surface area contributed by atoms with Gasteiger partial charge in [-0.2, -0.15) is 0 Å². The standard InChI is InChI=1S/C18H20ClFN4O/c1-12(14-6-2-3-7-15(14)20)21-18(25)13-5-4-10-24(11-13)17-9-8-16(19)22-23-17/h2-3,6-9,12-13H,4-5,10-11H2,1H3,(H,21,25)/t12-,13+/m0/s1. The van der Waals surface area contributed by atoms with E-state index in [0.29, 0.717) is 23.1 Å². The predicted molar refractivity (Wildman–Crippen MR) is 94.9 cm³/mol. The quantitative estimate of drug-likeness (QED) is 0.906. The van der Waals surface area contributed by atoms with Gasteiger partial charge in [0.25, 0.3) is 0 Å². The van der Waals surface area contributed by atoms with Gasteiger partial charge in [-0.05, 0) is 38.0 Å². The summed E-state index contributed by atoms with van der Waals surface area (Å²) in [5.41, 5.74) is 0.493. The van der Waals surface area contributed by atoms with Crippen molar-refractivity contribution in [1.82, 2.24) is 15.5 Å². The van der Waals surface area contributed by atoms with Crippen LogP contribution in [0.4, 0.5) is 10.2 Å². The second-order valence-corrected chi connectivity index (χ2v) is 6.64. The Labute approximate surface area is 151 Å². The van der Waals surface area contributed by atoms with E-state index in [-0.39, 0.29) is 23.7 Å². The zero-order valence-electron chi connectivity index (χ0n) is 14.0. The van der Waals surface area contributed by atoms with Crippen LogP contribution in [-0.2, 0) is 4.79 Å². The summed E-state index contributed by atoms with van der Waals surface area (Å²) < 4.78 is 13.9. The number of carbonyl (C=O) groups excluding carboxylic acids is 1. The lowest BCUT2D eigenvalue weighted by Gasteiger charge is -2.33. The minimum Gasteiger partial charge on any atom is -0.354 e. The summed E-state index contributed by atoms with van der Waals surface area (Å²) in [6, 6.07) is 9.61. The lowest BCUT2D eigenvalue weighted by Crippen LogP contribution is -2.44. The van der Waals surface area contributed by atoms with Gasteiger partial charge in [0.1, 0.15) is 5.82 Å². The number of aromatic nitrogens is 2. The van der Waals surface area contributed by atoms with Crippen molar-refractivity contribution < 1.29 is 9.18 Å². The molecule has 0 bridgehead atoms. The van der Waals surface area contributed by atoms with Gasteiger partial charge in [0.15, 0.2) is 11.0 Å². The lowest BCUT2D eigenvalue weighted by atomic mass is 9.96. The van der Waals surface area contributed by atoms with Crippen molar-refractivity contribution >= 4 is 23.3 Å². The number of piperidine rings is 1. The first-order valence-electron chi connectivity index (χ1n) is 8.33. The Hall–Kier alpha value is -2.21. The molecule has 0 aliphatic carbocycles. The molecule has 1 aromatic heterocycles. The van der Waals surface area contributed by atoms with E-state index < -0.39 is 0 Å². The smallest absolute Gasteiger partial charge is 0.225 e. The van der Waals surface area contributed by atoms with E-state index in [1.54, 1.807) is 37.3 Å². The third kappa shape index (κ3) is 4.25. The Balaban J connectivity index is 1.64. The van der Waals surface area contributed by atoms with Gasteiger partial charge in [-0.1, -0.05) is 29.8 Å². The third-order valence-corrected chi connectivity index (χ3v) is 4.67. The SMILES string of the molecule is C[C@H](NC(=O)[C@@H]1CCCN(c2ccc(Cl)nn2)C1)c1ccccc1F. The molecule has 1 aliphatic rings. The van der Waals surface area contributed by atoms with Gasteiger partial charge in [-0.3, -0.25) is 4.79 Å². The highest BCUT2D eigenvalue weighted by Crippen LogP contribution is 2.23. The zero-order valence-corrected chi connectivity index (χ0v) is 14.7. The summed E-state index contributed by atoms with van der Waals surface area (Å²) in [6.45, 7) is 3.18. The zero-order chi connectivity index (χ0) is 17.8. The molecule has 1 N–H and O–H groups in total. The molecule has 1 aromatic carbocycles. The van der Waals surface area contributed by atoms with Crippen LogP contribution in [0.1, 0.15) is 31.4 Å². The summed E-state index contributed by atoms with van der Waals surface area (Å²) in [7, 11) is 0. The fraction of sp³-hybridized carbons (Fsp3) is 0.389. The molecule has 1 saturated heterocycles. The Morgan fingerprint density at radius 1 is 1.32 bits per heavy atom. The molecule has 25 heavy (non-hydrogen) atoms. The highest BCUT2D eigenvalue weighted by molar-refractivity contribution is 6.29. The van der Waals surface area contributed by atoms with Crippen molar-refractivity contribution in [1.29, 1.82) is 0 Å². The summed E-state index contributed by atoms with van der Waals surface area (Å²) in [5.74, 6) is 0.170. The van der Waals surface area contributed by atoms with E-state index in [1.807, 2.05) is 4.90 Å². The van der Waals surface area contributed by atoms with Gasteiger partial charge in [0.05, 0.1) is 12.0 Å². The molecule has 2 aromatic rings. The van der Waals surface area contributed by atoms with Gasteiger partial charge in [-0.25, -0.2) is 4.39 Å². The molecule has 132 valence electrons. The molecule has 5 nitrogen and oxygen atoms in total. The molecule has 1 fully saturated rings. The van der Waals surface area contributed by atoms with Crippen LogP contribution in [0.15, 0.2) is 36.4 Å². The van der Waals surface area contributed by atoms with Crippen molar-refractivity contribution in [3.63, 3.8) is 0 Å². The van der Waals surface area contributed by atoms with Crippen LogP contribution < -0.4 is 10.2 Å². The first-order chi connectivity index (χ1) is 12.0. The van der Waals surface area contributed by atoms with Crippen LogP contribution in [0.3, 0.4) is 0 Å². The number of nitrogens with zero attached hydrogens (tertiary/aromatic N) is 3. The largest absolute Gasteiger partial charge is 0.354 e. The van der Waals surface area contributed by atoms with Crippen LogP contribution in [0.2, 0.25) is 5.15 Å². The van der Waals surface area contributed by atoms with Crippen LogP contribution in [-0.4, -0.2) is 29.2 Å². The number of benzene rings is 1. The van der Waals surface area contributed by atoms with Crippen molar-refractivity contribution in [2.24, 2.45) is 5.92 Å². The first-order valence-corrected chi connectivity index (χ1v) is 8.71. The van der Waals surface area contributed by atoms with Gasteiger partial charge in [0.2, 0.25) is 5.91 Å². The Kier molecular flexibility index (Phi) is 5.48. The monoisotopic (exact) mass is 362 g/mol. The molecule has 3 rings (SSSR count). The fourth-order valence-corrected chi connectivity index (χ4v) is 3.21. The molecular weight excluding hydrogens is 343 g/mol. The molecule has 0 radical (unpaired) electrons. The first kappa shape index (κ1) is 17.6. The summed E-state index contributed by atoms with van der Waals surface area (Å²) in [6.07, 6.45) is 1.68.